The fourth-order valence-corrected chi connectivity index (χ4v) is 2.55. The Morgan fingerprint density at radius 1 is 0.958 bits per heavy atom. The molecule has 0 spiro atoms. The van der Waals surface area contributed by atoms with E-state index in [9.17, 15) is 4.39 Å². The highest BCUT2D eigenvalue weighted by Gasteiger charge is 2.14. The summed E-state index contributed by atoms with van der Waals surface area (Å²) < 4.78 is 23.6. The molecule has 24 heavy (non-hydrogen) atoms. The largest absolute Gasteiger partial charge is 0.378 e. The minimum atomic E-state index is -0.301. The summed E-state index contributed by atoms with van der Waals surface area (Å²) in [7, 11) is 0. The van der Waals surface area contributed by atoms with E-state index in [1.165, 1.54) is 12.1 Å². The van der Waals surface area contributed by atoms with Crippen LogP contribution in [-0.4, -0.2) is 41.4 Å². The summed E-state index contributed by atoms with van der Waals surface area (Å²) in [6.45, 7) is 3.10. The van der Waals surface area contributed by atoms with Gasteiger partial charge in [0.1, 0.15) is 11.6 Å². The van der Waals surface area contributed by atoms with Gasteiger partial charge in [-0.25, -0.2) is 9.37 Å². The second kappa shape index (κ2) is 6.37. The van der Waals surface area contributed by atoms with Crippen molar-refractivity contribution < 1.29 is 13.7 Å². The molecule has 0 saturated carbocycles. The van der Waals surface area contributed by atoms with Gasteiger partial charge in [-0.15, -0.1) is 0 Å². The molecule has 0 atom stereocenters. The first-order chi connectivity index (χ1) is 11.8. The Bertz CT molecular complexity index is 811. The van der Waals surface area contributed by atoms with E-state index in [2.05, 4.69) is 20.0 Å². The van der Waals surface area contributed by atoms with Crippen molar-refractivity contribution in [1.29, 1.82) is 0 Å². The zero-order valence-corrected chi connectivity index (χ0v) is 12.9. The summed E-state index contributed by atoms with van der Waals surface area (Å²) in [6.07, 6.45) is 1.72. The van der Waals surface area contributed by atoms with Crippen molar-refractivity contribution in [2.45, 2.75) is 0 Å². The van der Waals surface area contributed by atoms with Gasteiger partial charge in [-0.1, -0.05) is 5.16 Å². The number of morpholine rings is 1. The minimum absolute atomic E-state index is 0.301. The van der Waals surface area contributed by atoms with Crippen molar-refractivity contribution >= 4 is 5.82 Å². The second-order valence-corrected chi connectivity index (χ2v) is 5.43. The van der Waals surface area contributed by atoms with Crippen LogP contribution in [0, 0.1) is 5.82 Å². The SMILES string of the molecule is Fc1ccc(-c2noc(-c3ccc(N4CCOCC4)nc3)n2)cc1. The number of ether oxygens (including phenoxy) is 1. The molecule has 0 amide bonds. The van der Waals surface area contributed by atoms with E-state index in [4.69, 9.17) is 9.26 Å². The van der Waals surface area contributed by atoms with Crippen LogP contribution in [0.25, 0.3) is 22.8 Å². The van der Waals surface area contributed by atoms with Gasteiger partial charge in [-0.3, -0.25) is 0 Å². The first-order valence-corrected chi connectivity index (χ1v) is 7.68. The maximum Gasteiger partial charge on any atom is 0.259 e. The number of rotatable bonds is 3. The first kappa shape index (κ1) is 14.8. The average molecular weight is 326 g/mol. The number of halogens is 1. The standard InChI is InChI=1S/C17H15FN4O2/c18-14-4-1-12(2-5-14)16-20-17(24-21-16)13-3-6-15(19-11-13)22-7-9-23-10-8-22/h1-6,11H,7-10H2. The summed E-state index contributed by atoms with van der Waals surface area (Å²) in [6, 6.07) is 9.80. The van der Waals surface area contributed by atoms with Crippen LogP contribution in [0.15, 0.2) is 47.1 Å². The van der Waals surface area contributed by atoms with E-state index in [0.29, 0.717) is 30.5 Å². The van der Waals surface area contributed by atoms with E-state index in [0.717, 1.165) is 24.5 Å². The predicted molar refractivity (Wildman–Crippen MR) is 86.0 cm³/mol. The number of hydrogen-bond donors (Lipinski definition) is 0. The summed E-state index contributed by atoms with van der Waals surface area (Å²) in [5.41, 5.74) is 1.44. The van der Waals surface area contributed by atoms with Crippen LogP contribution in [0.1, 0.15) is 0 Å². The van der Waals surface area contributed by atoms with Crippen molar-refractivity contribution in [2.75, 3.05) is 31.2 Å². The Kier molecular flexibility index (Phi) is 3.92. The summed E-state index contributed by atoms with van der Waals surface area (Å²) in [5, 5.41) is 3.94. The van der Waals surface area contributed by atoms with Crippen LogP contribution < -0.4 is 4.90 Å². The van der Waals surface area contributed by atoms with Crippen LogP contribution >= 0.6 is 0 Å². The molecule has 3 aromatic rings. The number of nitrogens with zero attached hydrogens (tertiary/aromatic N) is 4. The van der Waals surface area contributed by atoms with Gasteiger partial charge in [-0.2, -0.15) is 4.98 Å². The fraction of sp³-hybridized carbons (Fsp3) is 0.235. The maximum atomic E-state index is 13.0. The minimum Gasteiger partial charge on any atom is -0.378 e. The molecule has 1 aliphatic rings. The monoisotopic (exact) mass is 326 g/mol. The molecule has 0 N–H and O–H groups in total. The van der Waals surface area contributed by atoms with Crippen molar-refractivity contribution in [3.63, 3.8) is 0 Å². The number of hydrogen-bond acceptors (Lipinski definition) is 6. The Balaban J connectivity index is 1.54. The van der Waals surface area contributed by atoms with Crippen LogP contribution in [0.2, 0.25) is 0 Å². The smallest absolute Gasteiger partial charge is 0.259 e. The molecule has 122 valence electrons. The highest BCUT2D eigenvalue weighted by molar-refractivity contribution is 5.60. The third kappa shape index (κ3) is 2.98. The molecule has 6 nitrogen and oxygen atoms in total. The highest BCUT2D eigenvalue weighted by Crippen LogP contribution is 2.23. The summed E-state index contributed by atoms with van der Waals surface area (Å²) in [4.78, 5) is 11.0. The molecule has 1 saturated heterocycles. The van der Waals surface area contributed by atoms with Crippen molar-refractivity contribution in [3.8, 4) is 22.8 Å². The molecule has 3 heterocycles. The Morgan fingerprint density at radius 2 is 1.71 bits per heavy atom. The van der Waals surface area contributed by atoms with Gasteiger partial charge in [0.2, 0.25) is 5.82 Å². The molecule has 0 aliphatic carbocycles. The van der Waals surface area contributed by atoms with Crippen molar-refractivity contribution in [3.05, 3.63) is 48.4 Å². The molecule has 0 unspecified atom stereocenters. The van der Waals surface area contributed by atoms with Gasteiger partial charge in [0.25, 0.3) is 5.89 Å². The Morgan fingerprint density at radius 3 is 2.42 bits per heavy atom. The molecule has 7 heteroatoms. The van der Waals surface area contributed by atoms with Crippen LogP contribution in [0.5, 0.6) is 0 Å². The second-order valence-electron chi connectivity index (χ2n) is 5.43. The van der Waals surface area contributed by atoms with Crippen LogP contribution in [0.4, 0.5) is 10.2 Å². The average Bonchev–Trinajstić information content (AvgIpc) is 3.13. The number of benzene rings is 1. The van der Waals surface area contributed by atoms with E-state index < -0.39 is 0 Å². The third-order valence-corrected chi connectivity index (χ3v) is 3.86. The molecule has 0 radical (unpaired) electrons. The van der Waals surface area contributed by atoms with Gasteiger partial charge in [-0.05, 0) is 36.4 Å². The normalized spacial score (nSPS) is 14.8. The molecule has 1 fully saturated rings. The van der Waals surface area contributed by atoms with E-state index >= 15 is 0 Å². The molecule has 4 rings (SSSR count). The van der Waals surface area contributed by atoms with Gasteiger partial charge in [0.05, 0.1) is 18.8 Å². The Labute approximate surface area is 137 Å². The number of anilines is 1. The summed E-state index contributed by atoms with van der Waals surface area (Å²) >= 11 is 0. The van der Waals surface area contributed by atoms with E-state index in [1.54, 1.807) is 18.3 Å². The fourth-order valence-electron chi connectivity index (χ4n) is 2.55. The molecule has 2 aromatic heterocycles. The number of aromatic nitrogens is 3. The van der Waals surface area contributed by atoms with Crippen LogP contribution in [0.3, 0.4) is 0 Å². The molecule has 1 aliphatic heterocycles. The van der Waals surface area contributed by atoms with Crippen LogP contribution in [-0.2, 0) is 4.74 Å². The van der Waals surface area contributed by atoms with Crippen molar-refractivity contribution in [2.24, 2.45) is 0 Å². The topological polar surface area (TPSA) is 64.3 Å². The Hall–Kier alpha value is -2.80. The van der Waals surface area contributed by atoms with E-state index in [1.807, 2.05) is 12.1 Å². The van der Waals surface area contributed by atoms with E-state index in [-0.39, 0.29) is 5.82 Å². The highest BCUT2D eigenvalue weighted by atomic mass is 19.1. The zero-order chi connectivity index (χ0) is 16.4. The van der Waals surface area contributed by atoms with Gasteiger partial charge in [0.15, 0.2) is 0 Å². The van der Waals surface area contributed by atoms with Gasteiger partial charge in [0, 0.05) is 24.8 Å². The lowest BCUT2D eigenvalue weighted by Gasteiger charge is -2.27. The first-order valence-electron chi connectivity index (χ1n) is 7.68. The van der Waals surface area contributed by atoms with Crippen molar-refractivity contribution in [1.82, 2.24) is 15.1 Å². The molecular weight excluding hydrogens is 311 g/mol. The predicted octanol–water partition coefficient (Wildman–Crippen LogP) is 2.77. The lowest BCUT2D eigenvalue weighted by atomic mass is 10.2. The molecule has 1 aromatic carbocycles. The molecule has 0 bridgehead atoms. The molecular formula is C17H15FN4O2. The lowest BCUT2D eigenvalue weighted by molar-refractivity contribution is 0.122. The lowest BCUT2D eigenvalue weighted by Crippen LogP contribution is -2.36. The quantitative estimate of drug-likeness (QED) is 0.737. The maximum absolute atomic E-state index is 13.0. The number of pyridine rings is 1. The zero-order valence-electron chi connectivity index (χ0n) is 12.9. The third-order valence-electron chi connectivity index (χ3n) is 3.86. The van der Waals surface area contributed by atoms with Gasteiger partial charge >= 0.3 is 0 Å². The summed E-state index contributed by atoms with van der Waals surface area (Å²) in [5.74, 6) is 1.41. The van der Waals surface area contributed by atoms with Gasteiger partial charge < -0.3 is 14.2 Å².